The van der Waals surface area contributed by atoms with Crippen LogP contribution in [-0.4, -0.2) is 4.98 Å². The predicted molar refractivity (Wildman–Crippen MR) is 71.3 cm³/mol. The van der Waals surface area contributed by atoms with Crippen LogP contribution in [0.1, 0.15) is 23.8 Å². The Hall–Kier alpha value is -0.860. The molecule has 0 aliphatic rings. The molecule has 2 rings (SSSR count). The summed E-state index contributed by atoms with van der Waals surface area (Å²) < 4.78 is 0.616. The predicted octanol–water partition coefficient (Wildman–Crippen LogP) is 4.72. The van der Waals surface area contributed by atoms with Crippen molar-refractivity contribution in [3.8, 4) is 11.3 Å². The van der Waals surface area contributed by atoms with Crippen LogP contribution in [0.2, 0.25) is 4.47 Å². The number of rotatable bonds is 3. The second kappa shape index (κ2) is 4.98. The molecule has 1 aromatic heterocycles. The maximum atomic E-state index is 5.90. The molecule has 84 valence electrons. The first-order chi connectivity index (χ1) is 7.70. The Labute approximate surface area is 105 Å². The largest absolute Gasteiger partial charge is 0.225 e. The number of hydrogen-bond donors (Lipinski definition) is 0. The van der Waals surface area contributed by atoms with Crippen LogP contribution in [0.15, 0.2) is 24.3 Å². The molecule has 0 aliphatic heterocycles. The Balaban J connectivity index is 2.31. The summed E-state index contributed by atoms with van der Waals surface area (Å²) in [7, 11) is 0. The summed E-state index contributed by atoms with van der Waals surface area (Å²) in [5.41, 5.74) is 3.55. The molecule has 0 atom stereocenters. The summed E-state index contributed by atoms with van der Waals surface area (Å²) in [5.74, 6) is 0. The van der Waals surface area contributed by atoms with Crippen LogP contribution in [0.5, 0.6) is 0 Å². The second-order valence-corrected chi connectivity index (χ2v) is 5.60. The Morgan fingerprint density at radius 3 is 2.44 bits per heavy atom. The molecule has 0 N–H and O–H groups in total. The second-order valence-electron chi connectivity index (χ2n) is 3.82. The molecule has 0 radical (unpaired) electrons. The van der Waals surface area contributed by atoms with Gasteiger partial charge in [-0.3, -0.25) is 0 Å². The standard InChI is InChI=1S/C13H14ClNS/c1-3-4-10-5-7-11(8-6-10)12-9(2)16-13(14)15-12/h5-8H,3-4H2,1-2H3. The van der Waals surface area contributed by atoms with Crippen molar-refractivity contribution in [1.82, 2.24) is 4.98 Å². The van der Waals surface area contributed by atoms with Gasteiger partial charge in [-0.05, 0) is 18.9 Å². The number of aryl methyl sites for hydroxylation is 2. The van der Waals surface area contributed by atoms with Gasteiger partial charge in [0.25, 0.3) is 0 Å². The Bertz CT molecular complexity index is 473. The third-order valence-corrected chi connectivity index (χ3v) is 3.61. The van der Waals surface area contributed by atoms with Gasteiger partial charge in [0, 0.05) is 10.4 Å². The maximum absolute atomic E-state index is 5.90. The summed E-state index contributed by atoms with van der Waals surface area (Å²) in [6.07, 6.45) is 2.32. The van der Waals surface area contributed by atoms with Crippen molar-refractivity contribution in [3.05, 3.63) is 39.2 Å². The Morgan fingerprint density at radius 2 is 1.94 bits per heavy atom. The van der Waals surface area contributed by atoms with Crippen LogP contribution in [0.25, 0.3) is 11.3 Å². The van der Waals surface area contributed by atoms with Crippen molar-refractivity contribution >= 4 is 22.9 Å². The molecule has 0 spiro atoms. The number of aromatic nitrogens is 1. The molecule has 0 bridgehead atoms. The lowest BCUT2D eigenvalue weighted by atomic mass is 10.1. The zero-order valence-corrected chi connectivity index (χ0v) is 11.0. The monoisotopic (exact) mass is 251 g/mol. The van der Waals surface area contributed by atoms with Gasteiger partial charge < -0.3 is 0 Å². The van der Waals surface area contributed by atoms with Gasteiger partial charge in [-0.1, -0.05) is 49.2 Å². The summed E-state index contributed by atoms with van der Waals surface area (Å²) in [5, 5.41) is 0. The van der Waals surface area contributed by atoms with Crippen LogP contribution in [0.4, 0.5) is 0 Å². The van der Waals surface area contributed by atoms with Crippen LogP contribution in [0.3, 0.4) is 0 Å². The van der Waals surface area contributed by atoms with Gasteiger partial charge in [0.1, 0.15) is 0 Å². The smallest absolute Gasteiger partial charge is 0.184 e. The van der Waals surface area contributed by atoms with Gasteiger partial charge in [0.2, 0.25) is 0 Å². The molecule has 3 heteroatoms. The zero-order valence-electron chi connectivity index (χ0n) is 9.46. The Morgan fingerprint density at radius 1 is 1.25 bits per heavy atom. The van der Waals surface area contributed by atoms with E-state index in [4.69, 9.17) is 11.6 Å². The zero-order chi connectivity index (χ0) is 11.5. The fraction of sp³-hybridized carbons (Fsp3) is 0.308. The number of nitrogens with zero attached hydrogens (tertiary/aromatic N) is 1. The summed E-state index contributed by atoms with van der Waals surface area (Å²) in [6.45, 7) is 4.25. The highest BCUT2D eigenvalue weighted by molar-refractivity contribution is 7.16. The highest BCUT2D eigenvalue weighted by Crippen LogP contribution is 2.30. The molecule has 0 amide bonds. The topological polar surface area (TPSA) is 12.9 Å². The third kappa shape index (κ3) is 2.45. The van der Waals surface area contributed by atoms with E-state index in [2.05, 4.69) is 43.1 Å². The molecule has 0 fully saturated rings. The fourth-order valence-corrected chi connectivity index (χ4v) is 2.83. The van der Waals surface area contributed by atoms with Gasteiger partial charge in [0.15, 0.2) is 4.47 Å². The molecule has 16 heavy (non-hydrogen) atoms. The van der Waals surface area contributed by atoms with E-state index in [0.717, 1.165) is 17.7 Å². The highest BCUT2D eigenvalue weighted by atomic mass is 35.5. The average Bonchev–Trinajstić information content (AvgIpc) is 2.59. The van der Waals surface area contributed by atoms with E-state index in [1.807, 2.05) is 0 Å². The SMILES string of the molecule is CCCc1ccc(-c2nc(Cl)sc2C)cc1. The van der Waals surface area contributed by atoms with Crippen molar-refractivity contribution in [3.63, 3.8) is 0 Å². The lowest BCUT2D eigenvalue weighted by Crippen LogP contribution is -1.84. The van der Waals surface area contributed by atoms with Crippen LogP contribution in [0, 0.1) is 6.92 Å². The van der Waals surface area contributed by atoms with E-state index >= 15 is 0 Å². The minimum Gasteiger partial charge on any atom is -0.225 e. The first-order valence-corrected chi connectivity index (χ1v) is 6.62. The molecule has 0 unspecified atom stereocenters. The lowest BCUT2D eigenvalue weighted by molar-refractivity contribution is 0.922. The molecular weight excluding hydrogens is 238 g/mol. The van der Waals surface area contributed by atoms with Crippen molar-refractivity contribution in [2.24, 2.45) is 0 Å². The van der Waals surface area contributed by atoms with Gasteiger partial charge in [-0.25, -0.2) is 4.98 Å². The van der Waals surface area contributed by atoms with Crippen molar-refractivity contribution in [2.75, 3.05) is 0 Å². The highest BCUT2D eigenvalue weighted by Gasteiger charge is 2.07. The first kappa shape index (κ1) is 11.6. The van der Waals surface area contributed by atoms with Gasteiger partial charge in [-0.2, -0.15) is 0 Å². The molecule has 0 aliphatic carbocycles. The molecule has 2 aromatic rings. The fourth-order valence-electron chi connectivity index (χ4n) is 1.75. The van der Waals surface area contributed by atoms with E-state index < -0.39 is 0 Å². The van der Waals surface area contributed by atoms with Crippen molar-refractivity contribution in [1.29, 1.82) is 0 Å². The minimum atomic E-state index is 0.616. The van der Waals surface area contributed by atoms with Crippen LogP contribution >= 0.6 is 22.9 Å². The summed E-state index contributed by atoms with van der Waals surface area (Å²) in [6, 6.07) is 8.60. The van der Waals surface area contributed by atoms with Gasteiger partial charge in [-0.15, -0.1) is 11.3 Å². The van der Waals surface area contributed by atoms with E-state index in [9.17, 15) is 0 Å². The quantitative estimate of drug-likeness (QED) is 0.769. The lowest BCUT2D eigenvalue weighted by Gasteiger charge is -2.01. The van der Waals surface area contributed by atoms with E-state index in [0.29, 0.717) is 4.47 Å². The van der Waals surface area contributed by atoms with E-state index in [-0.39, 0.29) is 0 Å². The molecule has 1 nitrogen and oxygen atoms in total. The van der Waals surface area contributed by atoms with Gasteiger partial charge in [0.05, 0.1) is 5.69 Å². The summed E-state index contributed by atoms with van der Waals surface area (Å²) >= 11 is 7.44. The number of halogens is 1. The molecule has 0 saturated heterocycles. The number of thiazole rings is 1. The van der Waals surface area contributed by atoms with Crippen molar-refractivity contribution in [2.45, 2.75) is 26.7 Å². The van der Waals surface area contributed by atoms with E-state index in [1.54, 1.807) is 0 Å². The minimum absolute atomic E-state index is 0.616. The van der Waals surface area contributed by atoms with E-state index in [1.165, 1.54) is 28.2 Å². The molecule has 1 heterocycles. The van der Waals surface area contributed by atoms with Crippen molar-refractivity contribution < 1.29 is 0 Å². The number of benzene rings is 1. The molecule has 1 aromatic carbocycles. The van der Waals surface area contributed by atoms with Crippen LogP contribution in [-0.2, 0) is 6.42 Å². The Kier molecular flexibility index (Phi) is 3.62. The molecular formula is C13H14ClNS. The first-order valence-electron chi connectivity index (χ1n) is 5.43. The summed E-state index contributed by atoms with van der Waals surface area (Å²) in [4.78, 5) is 5.51. The van der Waals surface area contributed by atoms with Gasteiger partial charge >= 0.3 is 0 Å². The molecule has 0 saturated carbocycles. The normalized spacial score (nSPS) is 10.7. The third-order valence-electron chi connectivity index (χ3n) is 2.54. The maximum Gasteiger partial charge on any atom is 0.184 e. The number of hydrogen-bond acceptors (Lipinski definition) is 2. The van der Waals surface area contributed by atoms with Crippen LogP contribution < -0.4 is 0 Å². The average molecular weight is 252 g/mol.